The van der Waals surface area contributed by atoms with Crippen molar-refractivity contribution >= 4 is 11.6 Å². The Labute approximate surface area is 120 Å². The van der Waals surface area contributed by atoms with Gasteiger partial charge in [-0.3, -0.25) is 9.69 Å². The number of amides is 1. The van der Waals surface area contributed by atoms with Gasteiger partial charge in [-0.15, -0.1) is 0 Å². The first-order valence-electron chi connectivity index (χ1n) is 6.79. The Hall–Kier alpha value is -1.75. The summed E-state index contributed by atoms with van der Waals surface area (Å²) < 4.78 is 5.18. The molecule has 1 aromatic rings. The molecule has 0 radical (unpaired) electrons. The molecule has 5 heteroatoms. The standard InChI is InChI=1S/C15H23N3O2/c1-15(2)10-18(8-7-17(15)3)14(19)11-5-6-12(16)13(9-11)20-4/h5-6,9H,7-8,10,16H2,1-4H3. The van der Waals surface area contributed by atoms with E-state index in [9.17, 15) is 4.79 Å². The number of ether oxygens (including phenoxy) is 1. The third-order valence-electron chi connectivity index (χ3n) is 4.08. The minimum atomic E-state index is -0.00813. The zero-order valence-electron chi connectivity index (χ0n) is 12.6. The lowest BCUT2D eigenvalue weighted by atomic mass is 9.99. The summed E-state index contributed by atoms with van der Waals surface area (Å²) in [5, 5.41) is 0. The summed E-state index contributed by atoms with van der Waals surface area (Å²) in [5.74, 6) is 0.578. The van der Waals surface area contributed by atoms with Crippen LogP contribution in [0.25, 0.3) is 0 Å². The highest BCUT2D eigenvalue weighted by Gasteiger charge is 2.33. The van der Waals surface area contributed by atoms with Crippen LogP contribution in [0.4, 0.5) is 5.69 Å². The Morgan fingerprint density at radius 1 is 1.35 bits per heavy atom. The number of likely N-dealkylation sites (N-methyl/N-ethyl adjacent to an activating group) is 1. The van der Waals surface area contributed by atoms with E-state index in [0.29, 0.717) is 17.0 Å². The van der Waals surface area contributed by atoms with Crippen molar-refractivity contribution in [2.75, 3.05) is 39.5 Å². The van der Waals surface area contributed by atoms with Crippen LogP contribution in [-0.4, -0.2) is 55.0 Å². The summed E-state index contributed by atoms with van der Waals surface area (Å²) in [6.07, 6.45) is 0. The number of rotatable bonds is 2. The molecule has 0 aliphatic carbocycles. The van der Waals surface area contributed by atoms with Crippen molar-refractivity contribution < 1.29 is 9.53 Å². The van der Waals surface area contributed by atoms with E-state index in [4.69, 9.17) is 10.5 Å². The fraction of sp³-hybridized carbons (Fsp3) is 0.533. The van der Waals surface area contributed by atoms with Crippen molar-refractivity contribution in [3.8, 4) is 5.75 Å². The van der Waals surface area contributed by atoms with E-state index in [1.165, 1.54) is 0 Å². The smallest absolute Gasteiger partial charge is 0.254 e. The van der Waals surface area contributed by atoms with Gasteiger partial charge in [0, 0.05) is 30.7 Å². The predicted molar refractivity (Wildman–Crippen MR) is 80.0 cm³/mol. The zero-order chi connectivity index (χ0) is 14.9. The average molecular weight is 277 g/mol. The summed E-state index contributed by atoms with van der Waals surface area (Å²) in [6, 6.07) is 5.18. The van der Waals surface area contributed by atoms with Crippen LogP contribution in [0.5, 0.6) is 5.75 Å². The van der Waals surface area contributed by atoms with Gasteiger partial charge in [0.2, 0.25) is 0 Å². The van der Waals surface area contributed by atoms with E-state index in [2.05, 4.69) is 25.8 Å². The molecule has 2 N–H and O–H groups in total. The van der Waals surface area contributed by atoms with E-state index in [0.717, 1.165) is 19.6 Å². The Morgan fingerprint density at radius 3 is 2.65 bits per heavy atom. The summed E-state index contributed by atoms with van der Waals surface area (Å²) in [5.41, 5.74) is 6.94. The fourth-order valence-electron chi connectivity index (χ4n) is 2.44. The minimum Gasteiger partial charge on any atom is -0.495 e. The fourth-order valence-corrected chi connectivity index (χ4v) is 2.44. The van der Waals surface area contributed by atoms with Crippen LogP contribution in [-0.2, 0) is 0 Å². The van der Waals surface area contributed by atoms with Crippen molar-refractivity contribution in [2.45, 2.75) is 19.4 Å². The molecule has 20 heavy (non-hydrogen) atoms. The second-order valence-corrected chi connectivity index (χ2v) is 5.92. The number of anilines is 1. The number of carbonyl (C=O) groups is 1. The highest BCUT2D eigenvalue weighted by molar-refractivity contribution is 5.95. The molecule has 110 valence electrons. The highest BCUT2D eigenvalue weighted by Crippen LogP contribution is 2.25. The Kier molecular flexibility index (Phi) is 3.90. The molecule has 5 nitrogen and oxygen atoms in total. The monoisotopic (exact) mass is 277 g/mol. The van der Waals surface area contributed by atoms with Gasteiger partial charge in [0.25, 0.3) is 5.91 Å². The first-order valence-corrected chi connectivity index (χ1v) is 6.79. The number of carbonyl (C=O) groups excluding carboxylic acids is 1. The van der Waals surface area contributed by atoms with E-state index >= 15 is 0 Å². The Bertz CT molecular complexity index is 514. The number of methoxy groups -OCH3 is 1. The van der Waals surface area contributed by atoms with E-state index in [-0.39, 0.29) is 11.4 Å². The summed E-state index contributed by atoms with van der Waals surface area (Å²) >= 11 is 0. The number of piperazine rings is 1. The lowest BCUT2D eigenvalue weighted by molar-refractivity contribution is 0.0311. The van der Waals surface area contributed by atoms with Gasteiger partial charge in [0.1, 0.15) is 5.75 Å². The van der Waals surface area contributed by atoms with Crippen LogP contribution < -0.4 is 10.5 Å². The van der Waals surface area contributed by atoms with Gasteiger partial charge in [-0.25, -0.2) is 0 Å². The number of hydrogen-bond donors (Lipinski definition) is 1. The third kappa shape index (κ3) is 2.72. The summed E-state index contributed by atoms with van der Waals surface area (Å²) in [6.45, 7) is 6.64. The first kappa shape index (κ1) is 14.7. The van der Waals surface area contributed by atoms with Gasteiger partial charge < -0.3 is 15.4 Å². The second kappa shape index (κ2) is 5.32. The van der Waals surface area contributed by atoms with Gasteiger partial charge >= 0.3 is 0 Å². The molecule has 0 spiro atoms. The molecule has 1 amide bonds. The van der Waals surface area contributed by atoms with Crippen molar-refractivity contribution in [1.29, 1.82) is 0 Å². The normalized spacial score (nSPS) is 18.9. The van der Waals surface area contributed by atoms with Crippen LogP contribution in [0, 0.1) is 0 Å². The molecular formula is C15H23N3O2. The molecule has 0 unspecified atom stereocenters. The molecule has 1 aliphatic heterocycles. The molecule has 1 saturated heterocycles. The molecule has 0 saturated carbocycles. The molecular weight excluding hydrogens is 254 g/mol. The van der Waals surface area contributed by atoms with Gasteiger partial charge in [0.15, 0.2) is 0 Å². The lowest BCUT2D eigenvalue weighted by Crippen LogP contribution is -2.58. The summed E-state index contributed by atoms with van der Waals surface area (Å²) in [7, 11) is 3.65. The maximum absolute atomic E-state index is 12.6. The van der Waals surface area contributed by atoms with Crippen LogP contribution >= 0.6 is 0 Å². The molecule has 1 aromatic carbocycles. The molecule has 0 atom stereocenters. The topological polar surface area (TPSA) is 58.8 Å². The minimum absolute atomic E-state index is 0.00813. The van der Waals surface area contributed by atoms with Gasteiger partial charge in [-0.05, 0) is 39.1 Å². The molecule has 1 aliphatic rings. The van der Waals surface area contributed by atoms with Gasteiger partial charge in [-0.1, -0.05) is 0 Å². The van der Waals surface area contributed by atoms with Crippen LogP contribution in [0.15, 0.2) is 18.2 Å². The number of benzene rings is 1. The number of nitrogen functional groups attached to an aromatic ring is 1. The zero-order valence-corrected chi connectivity index (χ0v) is 12.6. The number of nitrogens with zero attached hydrogens (tertiary/aromatic N) is 2. The predicted octanol–water partition coefficient (Wildman–Crippen LogP) is 1.44. The molecule has 1 fully saturated rings. The molecule has 0 aromatic heterocycles. The van der Waals surface area contributed by atoms with Gasteiger partial charge in [0.05, 0.1) is 12.8 Å². The Balaban J connectivity index is 2.20. The molecule has 1 heterocycles. The lowest BCUT2D eigenvalue weighted by Gasteiger charge is -2.45. The number of nitrogens with two attached hydrogens (primary N) is 1. The molecule has 0 bridgehead atoms. The van der Waals surface area contributed by atoms with Crippen LogP contribution in [0.3, 0.4) is 0 Å². The first-order chi connectivity index (χ1) is 9.35. The quantitative estimate of drug-likeness (QED) is 0.831. The largest absolute Gasteiger partial charge is 0.495 e. The summed E-state index contributed by atoms with van der Waals surface area (Å²) in [4.78, 5) is 16.8. The van der Waals surface area contributed by atoms with E-state index in [1.54, 1.807) is 25.3 Å². The van der Waals surface area contributed by atoms with E-state index in [1.807, 2.05) is 4.90 Å². The third-order valence-corrected chi connectivity index (χ3v) is 4.08. The van der Waals surface area contributed by atoms with Crippen LogP contribution in [0.2, 0.25) is 0 Å². The van der Waals surface area contributed by atoms with E-state index < -0.39 is 0 Å². The van der Waals surface area contributed by atoms with Crippen LogP contribution in [0.1, 0.15) is 24.2 Å². The maximum atomic E-state index is 12.6. The maximum Gasteiger partial charge on any atom is 0.254 e. The van der Waals surface area contributed by atoms with Gasteiger partial charge in [-0.2, -0.15) is 0 Å². The number of hydrogen-bond acceptors (Lipinski definition) is 4. The average Bonchev–Trinajstić information content (AvgIpc) is 2.41. The SMILES string of the molecule is COc1cc(C(=O)N2CCN(C)C(C)(C)C2)ccc1N. The molecule has 2 rings (SSSR count). The Morgan fingerprint density at radius 2 is 2.05 bits per heavy atom. The second-order valence-electron chi connectivity index (χ2n) is 5.92. The van der Waals surface area contributed by atoms with Crippen molar-refractivity contribution in [3.05, 3.63) is 23.8 Å². The highest BCUT2D eigenvalue weighted by atomic mass is 16.5. The van der Waals surface area contributed by atoms with Crippen molar-refractivity contribution in [3.63, 3.8) is 0 Å². The van der Waals surface area contributed by atoms with Crippen molar-refractivity contribution in [2.24, 2.45) is 0 Å². The van der Waals surface area contributed by atoms with Crippen molar-refractivity contribution in [1.82, 2.24) is 9.80 Å².